The van der Waals surface area contributed by atoms with E-state index in [9.17, 15) is 18.0 Å². The van der Waals surface area contributed by atoms with Gasteiger partial charge in [0.05, 0.1) is 5.75 Å². The summed E-state index contributed by atoms with van der Waals surface area (Å²) in [5.74, 6) is 0.0772. The number of sulfonamides is 1. The van der Waals surface area contributed by atoms with Crippen molar-refractivity contribution in [1.29, 1.82) is 0 Å². The molecule has 0 unspecified atom stereocenters. The molecule has 2 amide bonds. The lowest BCUT2D eigenvalue weighted by molar-refractivity contribution is -0.118. The van der Waals surface area contributed by atoms with E-state index in [4.69, 9.17) is 0 Å². The molecule has 28 heavy (non-hydrogen) atoms. The van der Waals surface area contributed by atoms with Crippen molar-refractivity contribution in [2.45, 2.75) is 38.6 Å². The SMILES string of the molecule is CCS(=O)(=O)N1CCC(NC(=O)C=Cc2ccc(N3CCCC3=O)cc2)CC1. The Morgan fingerprint density at radius 1 is 1.18 bits per heavy atom. The Bertz CT molecular complexity index is 841. The molecule has 0 saturated carbocycles. The van der Waals surface area contributed by atoms with Crippen molar-refractivity contribution >= 4 is 33.6 Å². The molecule has 152 valence electrons. The molecule has 0 aromatic heterocycles. The van der Waals surface area contributed by atoms with Crippen LogP contribution in [0.1, 0.15) is 38.2 Å². The van der Waals surface area contributed by atoms with Gasteiger partial charge < -0.3 is 10.2 Å². The number of piperidine rings is 1. The van der Waals surface area contributed by atoms with Crippen LogP contribution in [0.15, 0.2) is 30.3 Å². The molecule has 0 bridgehead atoms. The Balaban J connectivity index is 1.48. The van der Waals surface area contributed by atoms with Crippen molar-refractivity contribution in [1.82, 2.24) is 9.62 Å². The number of hydrogen-bond donors (Lipinski definition) is 1. The van der Waals surface area contributed by atoms with E-state index in [-0.39, 0.29) is 23.6 Å². The fraction of sp³-hybridized carbons (Fsp3) is 0.500. The summed E-state index contributed by atoms with van der Waals surface area (Å²) in [6.07, 6.45) is 5.97. The Hall–Kier alpha value is -2.19. The molecule has 2 heterocycles. The lowest BCUT2D eigenvalue weighted by Gasteiger charge is -2.31. The quantitative estimate of drug-likeness (QED) is 0.731. The van der Waals surface area contributed by atoms with Crippen LogP contribution in [0.3, 0.4) is 0 Å². The summed E-state index contributed by atoms with van der Waals surface area (Å²) in [6.45, 7) is 3.29. The zero-order chi connectivity index (χ0) is 20.1. The van der Waals surface area contributed by atoms with Crippen LogP contribution < -0.4 is 10.2 Å². The molecule has 0 atom stereocenters. The Morgan fingerprint density at radius 2 is 1.86 bits per heavy atom. The third kappa shape index (κ3) is 4.99. The number of amides is 2. The topological polar surface area (TPSA) is 86.8 Å². The van der Waals surface area contributed by atoms with Gasteiger partial charge in [-0.25, -0.2) is 12.7 Å². The number of carbonyl (C=O) groups is 2. The van der Waals surface area contributed by atoms with Crippen molar-refractivity contribution < 1.29 is 18.0 Å². The molecule has 1 aromatic rings. The third-order valence-corrected chi connectivity index (χ3v) is 7.15. The standard InChI is InChI=1S/C20H27N3O4S/c1-2-28(26,27)22-14-11-17(12-15-22)21-19(24)10-7-16-5-8-18(9-6-16)23-13-3-4-20(23)25/h5-10,17H,2-4,11-15H2,1H3,(H,21,24). The van der Waals surface area contributed by atoms with Gasteiger partial charge in [-0.1, -0.05) is 12.1 Å². The monoisotopic (exact) mass is 405 g/mol. The molecular weight excluding hydrogens is 378 g/mol. The van der Waals surface area contributed by atoms with Crippen molar-refractivity contribution in [2.75, 3.05) is 30.3 Å². The predicted molar refractivity (Wildman–Crippen MR) is 109 cm³/mol. The van der Waals surface area contributed by atoms with Gasteiger partial charge in [0.25, 0.3) is 0 Å². The molecule has 0 spiro atoms. The molecule has 2 aliphatic rings. The number of nitrogens with one attached hydrogen (secondary N) is 1. The van der Waals surface area contributed by atoms with Crippen molar-refractivity contribution in [3.05, 3.63) is 35.9 Å². The van der Waals surface area contributed by atoms with Crippen LogP contribution in [0, 0.1) is 0 Å². The highest BCUT2D eigenvalue weighted by Crippen LogP contribution is 2.22. The van der Waals surface area contributed by atoms with Crippen LogP contribution in [0.4, 0.5) is 5.69 Å². The van der Waals surface area contributed by atoms with Gasteiger partial charge in [-0.15, -0.1) is 0 Å². The number of hydrogen-bond acceptors (Lipinski definition) is 4. The summed E-state index contributed by atoms with van der Waals surface area (Å²) in [6, 6.07) is 7.55. The van der Waals surface area contributed by atoms with Gasteiger partial charge in [-0.2, -0.15) is 0 Å². The van der Waals surface area contributed by atoms with Crippen molar-refractivity contribution in [3.63, 3.8) is 0 Å². The molecule has 3 rings (SSSR count). The van der Waals surface area contributed by atoms with Crippen LogP contribution in [0.5, 0.6) is 0 Å². The number of anilines is 1. The summed E-state index contributed by atoms with van der Waals surface area (Å²) in [5.41, 5.74) is 1.77. The van der Waals surface area contributed by atoms with Gasteiger partial charge >= 0.3 is 0 Å². The molecule has 2 saturated heterocycles. The molecule has 1 N–H and O–H groups in total. The maximum atomic E-state index is 12.2. The van der Waals surface area contributed by atoms with Gasteiger partial charge in [0, 0.05) is 43.9 Å². The highest BCUT2D eigenvalue weighted by atomic mass is 32.2. The minimum absolute atomic E-state index is 0.0102. The van der Waals surface area contributed by atoms with Crippen LogP contribution in [-0.2, 0) is 19.6 Å². The van der Waals surface area contributed by atoms with E-state index in [1.54, 1.807) is 17.9 Å². The molecule has 2 aliphatic heterocycles. The Kier molecular flexibility index (Phi) is 6.51. The van der Waals surface area contributed by atoms with Gasteiger partial charge in [0.2, 0.25) is 21.8 Å². The lowest BCUT2D eigenvalue weighted by Crippen LogP contribution is -2.46. The van der Waals surface area contributed by atoms with Crippen LogP contribution in [0.2, 0.25) is 0 Å². The maximum absolute atomic E-state index is 12.2. The van der Waals surface area contributed by atoms with E-state index in [1.165, 1.54) is 10.4 Å². The third-order valence-electron chi connectivity index (χ3n) is 5.26. The first-order valence-corrected chi connectivity index (χ1v) is 11.4. The smallest absolute Gasteiger partial charge is 0.244 e. The molecular formula is C20H27N3O4S. The summed E-state index contributed by atoms with van der Waals surface area (Å²) in [7, 11) is -3.15. The highest BCUT2D eigenvalue weighted by molar-refractivity contribution is 7.89. The first-order chi connectivity index (χ1) is 13.4. The summed E-state index contributed by atoms with van der Waals surface area (Å²) >= 11 is 0. The van der Waals surface area contributed by atoms with Crippen LogP contribution in [0.25, 0.3) is 6.08 Å². The zero-order valence-corrected chi connectivity index (χ0v) is 17.0. The zero-order valence-electron chi connectivity index (χ0n) is 16.1. The lowest BCUT2D eigenvalue weighted by atomic mass is 10.1. The molecule has 7 nitrogen and oxygen atoms in total. The van der Waals surface area contributed by atoms with E-state index < -0.39 is 10.0 Å². The van der Waals surface area contributed by atoms with E-state index in [2.05, 4.69) is 5.32 Å². The number of carbonyl (C=O) groups excluding carboxylic acids is 2. The molecule has 1 aromatic carbocycles. The number of rotatable bonds is 6. The summed E-state index contributed by atoms with van der Waals surface area (Å²) in [4.78, 5) is 25.7. The minimum atomic E-state index is -3.15. The Morgan fingerprint density at radius 3 is 2.43 bits per heavy atom. The second-order valence-electron chi connectivity index (χ2n) is 7.16. The molecule has 0 radical (unpaired) electrons. The fourth-order valence-corrected chi connectivity index (χ4v) is 4.70. The van der Waals surface area contributed by atoms with Gasteiger partial charge in [-0.3, -0.25) is 9.59 Å². The summed E-state index contributed by atoms with van der Waals surface area (Å²) < 4.78 is 25.2. The first kappa shape index (κ1) is 20.5. The highest BCUT2D eigenvalue weighted by Gasteiger charge is 2.27. The number of nitrogens with zero attached hydrogens (tertiary/aromatic N) is 2. The predicted octanol–water partition coefficient (Wildman–Crippen LogP) is 1.76. The van der Waals surface area contributed by atoms with E-state index >= 15 is 0 Å². The maximum Gasteiger partial charge on any atom is 0.244 e. The van der Waals surface area contributed by atoms with Crippen LogP contribution in [-0.4, -0.2) is 56.0 Å². The summed E-state index contributed by atoms with van der Waals surface area (Å²) in [5, 5.41) is 2.94. The van der Waals surface area contributed by atoms with Gasteiger partial charge in [0.15, 0.2) is 0 Å². The normalized spacial score (nSPS) is 19.5. The first-order valence-electron chi connectivity index (χ1n) is 9.76. The van der Waals surface area contributed by atoms with E-state index in [1.807, 2.05) is 24.3 Å². The average Bonchev–Trinajstić information content (AvgIpc) is 3.13. The minimum Gasteiger partial charge on any atom is -0.350 e. The fourth-order valence-electron chi connectivity index (χ4n) is 3.57. The van der Waals surface area contributed by atoms with Crippen molar-refractivity contribution in [2.24, 2.45) is 0 Å². The molecule has 0 aliphatic carbocycles. The van der Waals surface area contributed by atoms with E-state index in [0.29, 0.717) is 32.4 Å². The van der Waals surface area contributed by atoms with Crippen molar-refractivity contribution in [3.8, 4) is 0 Å². The molecule has 2 fully saturated rings. The average molecular weight is 406 g/mol. The van der Waals surface area contributed by atoms with E-state index in [0.717, 1.165) is 24.2 Å². The largest absolute Gasteiger partial charge is 0.350 e. The second-order valence-corrected chi connectivity index (χ2v) is 9.41. The van der Waals surface area contributed by atoms with Crippen LogP contribution >= 0.6 is 0 Å². The van der Waals surface area contributed by atoms with Gasteiger partial charge in [-0.05, 0) is 50.0 Å². The Labute approximate surface area is 166 Å². The molecule has 8 heteroatoms. The van der Waals surface area contributed by atoms with Gasteiger partial charge in [0.1, 0.15) is 0 Å². The second kappa shape index (κ2) is 8.87. The number of benzene rings is 1.